The van der Waals surface area contributed by atoms with Gasteiger partial charge < -0.3 is 0 Å². The highest BCUT2D eigenvalue weighted by Crippen LogP contribution is 2.29. The molecule has 4 heteroatoms. The third kappa shape index (κ3) is 4.61. The van der Waals surface area contributed by atoms with Crippen molar-refractivity contribution >= 4 is 34.3 Å². The number of isocyanates is 1. The zero-order chi connectivity index (χ0) is 17.6. The maximum Gasteiger partial charge on any atom is 0.240 e. The molecule has 0 radical (unpaired) electrons. The average molecular weight is 367 g/mol. The quantitative estimate of drug-likeness (QED) is 0.316. The normalized spacial score (nSPS) is 11.6. The van der Waals surface area contributed by atoms with E-state index in [0.717, 1.165) is 10.8 Å². The highest BCUT2D eigenvalue weighted by atomic mass is 35.5. The summed E-state index contributed by atoms with van der Waals surface area (Å²) in [5, 5.41) is 0.751. The van der Waals surface area contributed by atoms with Crippen LogP contribution in [0.25, 0.3) is 0 Å². The summed E-state index contributed by atoms with van der Waals surface area (Å²) in [5.41, 5.74) is 3.06. The van der Waals surface area contributed by atoms with E-state index in [2.05, 4.69) is 42.2 Å². The van der Waals surface area contributed by atoms with Crippen LogP contribution in [0.5, 0.6) is 0 Å². The van der Waals surface area contributed by atoms with Crippen LogP contribution in [0.2, 0.25) is 5.02 Å². The van der Waals surface area contributed by atoms with Crippen molar-refractivity contribution in [2.24, 2.45) is 4.99 Å². The van der Waals surface area contributed by atoms with Crippen molar-refractivity contribution in [1.82, 2.24) is 0 Å². The Morgan fingerprint density at radius 3 is 2.20 bits per heavy atom. The Bertz CT molecular complexity index is 900. The third-order valence-electron chi connectivity index (χ3n) is 3.80. The molecule has 3 aromatic carbocycles. The fraction of sp³-hybridized carbons (Fsp3) is 0.0952. The number of aryl methyl sites for hydroxylation is 1. The van der Waals surface area contributed by atoms with Crippen LogP contribution in [0, 0.1) is 6.92 Å². The van der Waals surface area contributed by atoms with Crippen LogP contribution in [-0.4, -0.2) is 6.08 Å². The van der Waals surface area contributed by atoms with E-state index in [1.54, 1.807) is 6.08 Å². The molecule has 0 bridgehead atoms. The lowest BCUT2D eigenvalue weighted by Crippen LogP contribution is -2.07. The number of carbonyl (C=O) groups excluding carboxylic acids is 1. The Hall–Kier alpha value is -2.32. The lowest BCUT2D eigenvalue weighted by molar-refractivity contribution is 0.565. The van der Waals surface area contributed by atoms with E-state index >= 15 is 0 Å². The predicted octanol–water partition coefficient (Wildman–Crippen LogP) is 5.85. The van der Waals surface area contributed by atoms with E-state index in [1.807, 2.05) is 42.5 Å². The Labute approximate surface area is 155 Å². The Morgan fingerprint density at radius 2 is 1.60 bits per heavy atom. The number of nitrogens with zero attached hydrogens (tertiary/aromatic N) is 1. The lowest BCUT2D eigenvalue weighted by Gasteiger charge is -2.09. The van der Waals surface area contributed by atoms with E-state index < -0.39 is 0 Å². The zero-order valence-corrected chi connectivity index (χ0v) is 15.3. The molecule has 0 aliphatic heterocycles. The first-order chi connectivity index (χ1) is 12.2. The van der Waals surface area contributed by atoms with Gasteiger partial charge in [-0.15, -0.1) is 0 Å². The van der Waals surface area contributed by atoms with Gasteiger partial charge in [0.1, 0.15) is 5.75 Å². The van der Waals surface area contributed by atoms with Gasteiger partial charge in [0.2, 0.25) is 6.08 Å². The number of hydrogen-bond donors (Lipinski definition) is 0. The third-order valence-corrected chi connectivity index (χ3v) is 6.34. The van der Waals surface area contributed by atoms with Crippen molar-refractivity contribution in [3.05, 3.63) is 88.9 Å². The SMILES string of the molecule is Cc1ccc([S+](Cc2cccc(Cl)c2)c2ccc(N=C=O)cc2)cc1. The van der Waals surface area contributed by atoms with Crippen molar-refractivity contribution in [3.63, 3.8) is 0 Å². The van der Waals surface area contributed by atoms with Crippen molar-refractivity contribution in [3.8, 4) is 0 Å². The Morgan fingerprint density at radius 1 is 0.960 bits per heavy atom. The molecule has 3 rings (SSSR count). The maximum absolute atomic E-state index is 10.4. The molecule has 0 aromatic heterocycles. The maximum atomic E-state index is 10.4. The van der Waals surface area contributed by atoms with Crippen LogP contribution in [0.4, 0.5) is 5.69 Å². The van der Waals surface area contributed by atoms with Crippen molar-refractivity contribution in [2.45, 2.75) is 22.5 Å². The summed E-state index contributed by atoms with van der Waals surface area (Å²) in [6, 6.07) is 24.4. The highest BCUT2D eigenvalue weighted by molar-refractivity contribution is 7.96. The van der Waals surface area contributed by atoms with E-state index in [4.69, 9.17) is 11.6 Å². The summed E-state index contributed by atoms with van der Waals surface area (Å²) in [5.74, 6) is 0.875. The molecule has 3 aromatic rings. The lowest BCUT2D eigenvalue weighted by atomic mass is 10.2. The van der Waals surface area contributed by atoms with Crippen LogP contribution in [0.1, 0.15) is 11.1 Å². The molecule has 124 valence electrons. The van der Waals surface area contributed by atoms with Crippen molar-refractivity contribution in [1.29, 1.82) is 0 Å². The summed E-state index contributed by atoms with van der Waals surface area (Å²) in [6.07, 6.45) is 1.58. The molecule has 0 spiro atoms. The summed E-state index contributed by atoms with van der Waals surface area (Å²) >= 11 is 6.15. The van der Waals surface area contributed by atoms with Gasteiger partial charge >= 0.3 is 0 Å². The minimum absolute atomic E-state index is 0.130. The summed E-state index contributed by atoms with van der Waals surface area (Å²) < 4.78 is 0. The van der Waals surface area contributed by atoms with Gasteiger partial charge in [-0.25, -0.2) is 4.79 Å². The minimum Gasteiger partial charge on any atom is -0.211 e. The Kier molecular flexibility index (Phi) is 5.72. The molecule has 1 unspecified atom stereocenters. The van der Waals surface area contributed by atoms with Gasteiger partial charge in [0.05, 0.1) is 16.6 Å². The zero-order valence-electron chi connectivity index (χ0n) is 13.8. The summed E-state index contributed by atoms with van der Waals surface area (Å²) in [7, 11) is -0.130. The second-order valence-corrected chi connectivity index (χ2v) is 8.12. The molecule has 2 nitrogen and oxygen atoms in total. The molecule has 0 saturated carbocycles. The fourth-order valence-corrected chi connectivity index (χ4v) is 4.80. The topological polar surface area (TPSA) is 29.4 Å². The molecule has 1 atom stereocenters. The van der Waals surface area contributed by atoms with Crippen LogP contribution in [0.15, 0.2) is 87.6 Å². The second-order valence-electron chi connectivity index (χ2n) is 5.68. The number of benzene rings is 3. The van der Waals surface area contributed by atoms with Gasteiger partial charge in [-0.05, 0) is 55.5 Å². The van der Waals surface area contributed by atoms with E-state index in [0.29, 0.717) is 5.69 Å². The molecule has 0 saturated heterocycles. The van der Waals surface area contributed by atoms with E-state index in [-0.39, 0.29) is 10.9 Å². The van der Waals surface area contributed by atoms with Crippen molar-refractivity contribution < 1.29 is 4.79 Å². The monoisotopic (exact) mass is 366 g/mol. The molecule has 25 heavy (non-hydrogen) atoms. The average Bonchev–Trinajstić information content (AvgIpc) is 2.62. The van der Waals surface area contributed by atoms with Gasteiger partial charge in [0.25, 0.3) is 0 Å². The first-order valence-electron chi connectivity index (χ1n) is 7.85. The number of hydrogen-bond acceptors (Lipinski definition) is 2. The molecular weight excluding hydrogens is 350 g/mol. The first-order valence-corrected chi connectivity index (χ1v) is 9.63. The van der Waals surface area contributed by atoms with E-state index in [9.17, 15) is 4.79 Å². The molecule has 0 fully saturated rings. The van der Waals surface area contributed by atoms with Gasteiger partial charge in [-0.3, -0.25) is 0 Å². The molecule has 0 amide bonds. The second kappa shape index (κ2) is 8.17. The predicted molar refractivity (Wildman–Crippen MR) is 104 cm³/mol. The molecule has 0 aliphatic rings. The number of halogens is 1. The van der Waals surface area contributed by atoms with Crippen LogP contribution in [-0.2, 0) is 21.4 Å². The van der Waals surface area contributed by atoms with Gasteiger partial charge in [-0.1, -0.05) is 41.4 Å². The standard InChI is InChI=1S/C21H17ClNOS/c1-16-5-9-20(10-6-16)25(14-17-3-2-4-18(22)13-17)21-11-7-19(8-12-21)23-15-24/h2-13H,14H2,1H3/q+1. The summed E-state index contributed by atoms with van der Waals surface area (Å²) in [6.45, 7) is 2.09. The fourth-order valence-electron chi connectivity index (χ4n) is 2.54. The Balaban J connectivity index is 1.98. The van der Waals surface area contributed by atoms with E-state index in [1.165, 1.54) is 20.9 Å². The largest absolute Gasteiger partial charge is 0.240 e. The smallest absolute Gasteiger partial charge is 0.211 e. The van der Waals surface area contributed by atoms with Crippen LogP contribution >= 0.6 is 11.6 Å². The van der Waals surface area contributed by atoms with Crippen molar-refractivity contribution in [2.75, 3.05) is 0 Å². The molecule has 0 heterocycles. The molecule has 0 N–H and O–H groups in total. The molecule has 0 aliphatic carbocycles. The van der Waals surface area contributed by atoms with Gasteiger partial charge in [0.15, 0.2) is 9.79 Å². The molecular formula is C21H17ClNOS+. The minimum atomic E-state index is -0.130. The number of aliphatic imine (C=N–C) groups is 1. The number of rotatable bonds is 5. The van der Waals surface area contributed by atoms with Crippen LogP contribution < -0.4 is 0 Å². The van der Waals surface area contributed by atoms with Gasteiger partial charge in [-0.2, -0.15) is 4.99 Å². The van der Waals surface area contributed by atoms with Crippen LogP contribution in [0.3, 0.4) is 0 Å². The summed E-state index contributed by atoms with van der Waals surface area (Å²) in [4.78, 5) is 16.6. The van der Waals surface area contributed by atoms with Gasteiger partial charge in [0, 0.05) is 10.6 Å². The first kappa shape index (κ1) is 17.5. The highest BCUT2D eigenvalue weighted by Gasteiger charge is 2.26.